The van der Waals surface area contributed by atoms with E-state index in [1.165, 1.54) is 15.3 Å². The van der Waals surface area contributed by atoms with Gasteiger partial charge in [-0.3, -0.25) is 4.79 Å². The van der Waals surface area contributed by atoms with Gasteiger partial charge in [0.05, 0.1) is 0 Å². The van der Waals surface area contributed by atoms with Crippen LogP contribution >= 0.6 is 11.3 Å². The second kappa shape index (κ2) is 4.69. The first-order valence-electron chi connectivity index (χ1n) is 6.47. The summed E-state index contributed by atoms with van der Waals surface area (Å²) < 4.78 is 0. The smallest absolute Gasteiger partial charge is 0.166 e. The molecule has 1 heterocycles. The third kappa shape index (κ3) is 2.01. The molecule has 92 valence electrons. The Labute approximate surface area is 111 Å². The van der Waals surface area contributed by atoms with Crippen molar-refractivity contribution in [1.82, 2.24) is 0 Å². The molecule has 3 rings (SSSR count). The molecule has 1 nitrogen and oxygen atoms in total. The average Bonchev–Trinajstić information content (AvgIpc) is 2.97. The van der Waals surface area contributed by atoms with E-state index in [0.29, 0.717) is 5.78 Å². The second-order valence-electron chi connectivity index (χ2n) is 4.85. The van der Waals surface area contributed by atoms with Crippen molar-refractivity contribution < 1.29 is 4.79 Å². The molecule has 0 bridgehead atoms. The van der Waals surface area contributed by atoms with Crippen molar-refractivity contribution in [2.24, 2.45) is 5.92 Å². The summed E-state index contributed by atoms with van der Waals surface area (Å²) in [5.41, 5.74) is 2.16. The van der Waals surface area contributed by atoms with Crippen molar-refractivity contribution in [3.05, 3.63) is 57.3 Å². The number of carbonyl (C=O) groups excluding carboxylic acids is 1. The molecule has 1 aliphatic rings. The molecule has 1 atom stereocenters. The molecular formula is C16H16OS. The number of benzene rings is 1. The topological polar surface area (TPSA) is 17.1 Å². The summed E-state index contributed by atoms with van der Waals surface area (Å²) in [5, 5.41) is 0. The molecule has 0 aliphatic heterocycles. The molecule has 0 saturated carbocycles. The van der Waals surface area contributed by atoms with E-state index in [4.69, 9.17) is 0 Å². The van der Waals surface area contributed by atoms with E-state index in [0.717, 1.165) is 24.8 Å². The van der Waals surface area contributed by atoms with Gasteiger partial charge in [-0.15, -0.1) is 11.3 Å². The van der Waals surface area contributed by atoms with E-state index >= 15 is 0 Å². The summed E-state index contributed by atoms with van der Waals surface area (Å²) in [7, 11) is 0. The van der Waals surface area contributed by atoms with Crippen molar-refractivity contribution in [1.29, 1.82) is 0 Å². The molecule has 0 radical (unpaired) electrons. The fourth-order valence-corrected chi connectivity index (χ4v) is 3.68. The van der Waals surface area contributed by atoms with Crippen LogP contribution in [0.25, 0.3) is 0 Å². The van der Waals surface area contributed by atoms with E-state index < -0.39 is 0 Å². The number of hydrogen-bond donors (Lipinski definition) is 0. The summed E-state index contributed by atoms with van der Waals surface area (Å²) in [4.78, 5) is 15.0. The number of hydrogen-bond acceptors (Lipinski definition) is 2. The molecule has 2 aromatic rings. The van der Waals surface area contributed by atoms with Gasteiger partial charge in [-0.05, 0) is 37.0 Å². The number of fused-ring (bicyclic) bond motifs is 1. The largest absolute Gasteiger partial charge is 0.294 e. The molecule has 1 unspecified atom stereocenters. The molecule has 1 aliphatic carbocycles. The van der Waals surface area contributed by atoms with E-state index in [-0.39, 0.29) is 5.92 Å². The van der Waals surface area contributed by atoms with Crippen molar-refractivity contribution in [2.75, 3.05) is 0 Å². The zero-order valence-corrected chi connectivity index (χ0v) is 11.3. The lowest BCUT2D eigenvalue weighted by Crippen LogP contribution is -2.11. The van der Waals surface area contributed by atoms with Crippen LogP contribution in [-0.2, 0) is 19.3 Å². The lowest BCUT2D eigenvalue weighted by molar-refractivity contribution is 0.0937. The lowest BCUT2D eigenvalue weighted by Gasteiger charge is -2.05. The maximum absolute atomic E-state index is 12.3. The molecule has 0 spiro atoms. The molecule has 2 heteroatoms. The summed E-state index contributed by atoms with van der Waals surface area (Å²) in [6, 6.07) is 12.4. The molecule has 0 saturated heterocycles. The summed E-state index contributed by atoms with van der Waals surface area (Å²) >= 11 is 1.85. The Balaban J connectivity index is 1.78. The molecule has 1 aromatic carbocycles. The van der Waals surface area contributed by atoms with Crippen LogP contribution in [0.5, 0.6) is 0 Å². The third-order valence-electron chi connectivity index (χ3n) is 3.63. The molecular weight excluding hydrogens is 240 g/mol. The van der Waals surface area contributed by atoms with Gasteiger partial charge in [0, 0.05) is 21.2 Å². The number of ketones is 1. The highest BCUT2D eigenvalue weighted by Gasteiger charge is 2.30. The van der Waals surface area contributed by atoms with Crippen molar-refractivity contribution in [2.45, 2.75) is 26.2 Å². The normalized spacial score (nSPS) is 18.1. The van der Waals surface area contributed by atoms with Gasteiger partial charge in [-0.2, -0.15) is 0 Å². The molecule has 18 heavy (non-hydrogen) atoms. The van der Waals surface area contributed by atoms with E-state index in [2.05, 4.69) is 25.1 Å². The summed E-state index contributed by atoms with van der Waals surface area (Å²) in [6.07, 6.45) is 2.90. The standard InChI is InChI=1S/C16H16OS/c1-2-13-7-8-14(18-13)10-12-9-11-5-3-4-6-15(11)16(12)17/h3-8,12H,2,9-10H2,1H3. The van der Waals surface area contributed by atoms with Crippen LogP contribution in [0, 0.1) is 5.92 Å². The van der Waals surface area contributed by atoms with Gasteiger partial charge in [-0.25, -0.2) is 0 Å². The minimum Gasteiger partial charge on any atom is -0.294 e. The predicted octanol–water partition coefficient (Wildman–Crippen LogP) is 3.91. The van der Waals surface area contributed by atoms with Gasteiger partial charge in [0.15, 0.2) is 5.78 Å². The van der Waals surface area contributed by atoms with Crippen molar-refractivity contribution in [3.8, 4) is 0 Å². The maximum atomic E-state index is 12.3. The first kappa shape index (κ1) is 11.7. The number of thiophene rings is 1. The molecule has 0 fully saturated rings. The van der Waals surface area contributed by atoms with Gasteiger partial charge in [0.25, 0.3) is 0 Å². The Morgan fingerprint density at radius 1 is 1.17 bits per heavy atom. The van der Waals surface area contributed by atoms with Crippen molar-refractivity contribution in [3.63, 3.8) is 0 Å². The Morgan fingerprint density at radius 3 is 2.67 bits per heavy atom. The van der Waals surface area contributed by atoms with Crippen molar-refractivity contribution >= 4 is 17.1 Å². The van der Waals surface area contributed by atoms with E-state index in [9.17, 15) is 4.79 Å². The SMILES string of the molecule is CCc1ccc(CC2Cc3ccccc3C2=O)s1. The number of Topliss-reactive ketones (excluding diaryl/α,β-unsaturated/α-hetero) is 1. The quantitative estimate of drug-likeness (QED) is 0.813. The van der Waals surface area contributed by atoms with Crippen LogP contribution in [0.4, 0.5) is 0 Å². The maximum Gasteiger partial charge on any atom is 0.166 e. The molecule has 0 N–H and O–H groups in total. The third-order valence-corrected chi connectivity index (χ3v) is 4.89. The molecule has 0 amide bonds. The van der Waals surface area contributed by atoms with Crippen LogP contribution in [0.2, 0.25) is 0 Å². The number of carbonyl (C=O) groups is 1. The Hall–Kier alpha value is -1.41. The average molecular weight is 256 g/mol. The van der Waals surface area contributed by atoms with E-state index in [1.54, 1.807) is 0 Å². The van der Waals surface area contributed by atoms with Crippen LogP contribution in [0.3, 0.4) is 0 Å². The highest BCUT2D eigenvalue weighted by molar-refractivity contribution is 7.12. The van der Waals surface area contributed by atoms with Gasteiger partial charge >= 0.3 is 0 Å². The summed E-state index contributed by atoms with van der Waals surface area (Å²) in [5.74, 6) is 0.489. The minimum absolute atomic E-state index is 0.158. The lowest BCUT2D eigenvalue weighted by atomic mass is 10.0. The van der Waals surface area contributed by atoms with Crippen LogP contribution < -0.4 is 0 Å². The fraction of sp³-hybridized carbons (Fsp3) is 0.312. The second-order valence-corrected chi connectivity index (χ2v) is 6.10. The Bertz CT molecular complexity index is 582. The zero-order valence-electron chi connectivity index (χ0n) is 10.5. The number of aryl methyl sites for hydroxylation is 1. The van der Waals surface area contributed by atoms with E-state index in [1.807, 2.05) is 29.5 Å². The van der Waals surface area contributed by atoms with Crippen LogP contribution in [-0.4, -0.2) is 5.78 Å². The van der Waals surface area contributed by atoms with Gasteiger partial charge in [0.1, 0.15) is 0 Å². The Morgan fingerprint density at radius 2 is 1.94 bits per heavy atom. The predicted molar refractivity (Wildman–Crippen MR) is 75.4 cm³/mol. The Kier molecular flexibility index (Phi) is 3.04. The zero-order chi connectivity index (χ0) is 12.5. The monoisotopic (exact) mass is 256 g/mol. The van der Waals surface area contributed by atoms with Crippen LogP contribution in [0.15, 0.2) is 36.4 Å². The molecule has 1 aromatic heterocycles. The van der Waals surface area contributed by atoms with Crippen LogP contribution in [0.1, 0.15) is 32.6 Å². The highest BCUT2D eigenvalue weighted by Crippen LogP contribution is 2.30. The highest BCUT2D eigenvalue weighted by atomic mass is 32.1. The fourth-order valence-electron chi connectivity index (χ4n) is 2.65. The van der Waals surface area contributed by atoms with Gasteiger partial charge < -0.3 is 0 Å². The first-order chi connectivity index (χ1) is 8.78. The first-order valence-corrected chi connectivity index (χ1v) is 7.29. The number of rotatable bonds is 3. The summed E-state index contributed by atoms with van der Waals surface area (Å²) in [6.45, 7) is 2.17. The van der Waals surface area contributed by atoms with Gasteiger partial charge in [-0.1, -0.05) is 31.2 Å². The minimum atomic E-state index is 0.158. The van der Waals surface area contributed by atoms with Gasteiger partial charge in [0.2, 0.25) is 0 Å².